The lowest BCUT2D eigenvalue weighted by molar-refractivity contribution is -0.194. The van der Waals surface area contributed by atoms with Crippen LogP contribution < -0.4 is 5.73 Å². The Labute approximate surface area is 114 Å². The van der Waals surface area contributed by atoms with Crippen LogP contribution in [0, 0.1) is 5.82 Å². The molecule has 1 unspecified atom stereocenters. The van der Waals surface area contributed by atoms with Gasteiger partial charge in [-0.25, -0.2) is 4.39 Å². The second-order valence-corrected chi connectivity index (χ2v) is 4.65. The molecule has 1 rings (SSSR count). The van der Waals surface area contributed by atoms with E-state index in [1.54, 1.807) is 0 Å². The van der Waals surface area contributed by atoms with Gasteiger partial charge in [0.1, 0.15) is 5.82 Å². The molecule has 1 aromatic carbocycles. The number of nitrogens with zero attached hydrogens (tertiary/aromatic N) is 1. The lowest BCUT2D eigenvalue weighted by Gasteiger charge is -2.32. The van der Waals surface area contributed by atoms with Crippen molar-refractivity contribution in [2.75, 3.05) is 6.54 Å². The molecule has 2 N–H and O–H groups in total. The van der Waals surface area contributed by atoms with Crippen molar-refractivity contribution in [1.29, 1.82) is 0 Å². The van der Waals surface area contributed by atoms with Gasteiger partial charge >= 0.3 is 6.18 Å². The van der Waals surface area contributed by atoms with Crippen molar-refractivity contribution in [1.82, 2.24) is 4.90 Å². The molecule has 1 amide bonds. The van der Waals surface area contributed by atoms with Gasteiger partial charge in [0, 0.05) is 13.1 Å². The predicted molar refractivity (Wildman–Crippen MR) is 66.1 cm³/mol. The van der Waals surface area contributed by atoms with Crippen molar-refractivity contribution < 1.29 is 22.4 Å². The third kappa shape index (κ3) is 3.47. The first kappa shape index (κ1) is 16.4. The van der Waals surface area contributed by atoms with Gasteiger partial charge in [0.2, 0.25) is 0 Å². The van der Waals surface area contributed by atoms with Crippen molar-refractivity contribution >= 4 is 5.91 Å². The number of carbonyl (C=O) groups is 1. The molecule has 0 heterocycles. The summed E-state index contributed by atoms with van der Waals surface area (Å²) in [5.74, 6) is -1.76. The van der Waals surface area contributed by atoms with Crippen molar-refractivity contribution in [3.63, 3.8) is 0 Å². The van der Waals surface area contributed by atoms with E-state index in [1.165, 1.54) is 25.1 Å². The summed E-state index contributed by atoms with van der Waals surface area (Å²) in [4.78, 5) is 12.9. The molecule has 7 heteroatoms. The van der Waals surface area contributed by atoms with Gasteiger partial charge in [-0.15, -0.1) is 0 Å². The van der Waals surface area contributed by atoms with E-state index in [0.29, 0.717) is 12.5 Å². The lowest BCUT2D eigenvalue weighted by Crippen LogP contribution is -2.62. The van der Waals surface area contributed by atoms with Crippen molar-refractivity contribution in [3.8, 4) is 0 Å². The average molecular weight is 292 g/mol. The Hall–Kier alpha value is -1.63. The summed E-state index contributed by atoms with van der Waals surface area (Å²) in [6.07, 6.45) is -4.85. The fourth-order valence-corrected chi connectivity index (χ4v) is 1.63. The van der Waals surface area contributed by atoms with E-state index in [-0.39, 0.29) is 13.1 Å². The lowest BCUT2D eigenvalue weighted by atomic mass is 10.0. The summed E-state index contributed by atoms with van der Waals surface area (Å²) in [7, 11) is 0. The minimum Gasteiger partial charge on any atom is -0.337 e. The zero-order valence-corrected chi connectivity index (χ0v) is 11.2. The number of alkyl halides is 3. The molecule has 0 aromatic heterocycles. The smallest absolute Gasteiger partial charge is 0.337 e. The molecular formula is C13H16F4N2O. The maximum atomic E-state index is 13.0. The van der Waals surface area contributed by atoms with E-state index in [0.717, 1.165) is 11.0 Å². The minimum absolute atomic E-state index is 0.0399. The largest absolute Gasteiger partial charge is 0.415 e. The Kier molecular flexibility index (Phi) is 4.75. The van der Waals surface area contributed by atoms with Gasteiger partial charge in [-0.05, 0) is 31.5 Å². The monoisotopic (exact) mass is 292 g/mol. The molecule has 0 spiro atoms. The summed E-state index contributed by atoms with van der Waals surface area (Å²) < 4.78 is 51.3. The third-order valence-electron chi connectivity index (χ3n) is 2.96. The topological polar surface area (TPSA) is 46.3 Å². The van der Waals surface area contributed by atoms with Crippen LogP contribution in [-0.4, -0.2) is 29.1 Å². The van der Waals surface area contributed by atoms with Crippen LogP contribution in [0.15, 0.2) is 24.3 Å². The second-order valence-electron chi connectivity index (χ2n) is 4.65. The van der Waals surface area contributed by atoms with Gasteiger partial charge in [0.15, 0.2) is 5.54 Å². The average Bonchev–Trinajstić information content (AvgIpc) is 2.33. The first-order chi connectivity index (χ1) is 9.09. The number of hydrogen-bond acceptors (Lipinski definition) is 2. The van der Waals surface area contributed by atoms with E-state index in [2.05, 4.69) is 0 Å². The maximum absolute atomic E-state index is 13.0. The number of halogens is 4. The SMILES string of the molecule is CCN(Cc1cccc(F)c1)C(=O)C(C)(N)C(F)(F)F. The van der Waals surface area contributed by atoms with Crippen LogP contribution >= 0.6 is 0 Å². The molecule has 112 valence electrons. The first-order valence-electron chi connectivity index (χ1n) is 5.99. The van der Waals surface area contributed by atoms with Gasteiger partial charge in [-0.1, -0.05) is 12.1 Å². The van der Waals surface area contributed by atoms with Crippen molar-refractivity contribution in [2.24, 2.45) is 5.73 Å². The fraction of sp³-hybridized carbons (Fsp3) is 0.462. The zero-order valence-electron chi connectivity index (χ0n) is 11.2. The van der Waals surface area contributed by atoms with Crippen molar-refractivity contribution in [3.05, 3.63) is 35.6 Å². The summed E-state index contributed by atoms with van der Waals surface area (Å²) in [6, 6.07) is 5.33. The highest BCUT2D eigenvalue weighted by Gasteiger charge is 2.55. The van der Waals surface area contributed by atoms with Crippen LogP contribution in [0.5, 0.6) is 0 Å². The molecule has 0 fully saturated rings. The summed E-state index contributed by atoms with van der Waals surface area (Å²) in [5, 5.41) is 0. The van der Waals surface area contributed by atoms with Gasteiger partial charge in [-0.3, -0.25) is 4.79 Å². The highest BCUT2D eigenvalue weighted by molar-refractivity contribution is 5.86. The Morgan fingerprint density at radius 1 is 1.35 bits per heavy atom. The van der Waals surface area contributed by atoms with Crippen LogP contribution in [0.1, 0.15) is 19.4 Å². The van der Waals surface area contributed by atoms with Gasteiger partial charge in [0.25, 0.3) is 5.91 Å². The number of rotatable bonds is 4. The van der Waals surface area contributed by atoms with E-state index >= 15 is 0 Å². The predicted octanol–water partition coefficient (Wildman–Crippen LogP) is 2.45. The molecule has 0 aliphatic carbocycles. The molecule has 0 aliphatic heterocycles. The fourth-order valence-electron chi connectivity index (χ4n) is 1.63. The highest BCUT2D eigenvalue weighted by Crippen LogP contribution is 2.30. The number of carbonyl (C=O) groups excluding carboxylic acids is 1. The van der Waals surface area contributed by atoms with Crippen molar-refractivity contribution in [2.45, 2.75) is 32.1 Å². The number of benzene rings is 1. The molecule has 0 radical (unpaired) electrons. The second kappa shape index (κ2) is 5.78. The number of hydrogen-bond donors (Lipinski definition) is 1. The minimum atomic E-state index is -4.85. The Balaban J connectivity index is 2.94. The molecule has 0 bridgehead atoms. The maximum Gasteiger partial charge on any atom is 0.415 e. The van der Waals surface area contributed by atoms with E-state index in [1.807, 2.05) is 0 Å². The number of likely N-dealkylation sites (N-methyl/N-ethyl adjacent to an activating group) is 1. The summed E-state index contributed by atoms with van der Waals surface area (Å²) >= 11 is 0. The van der Waals surface area contributed by atoms with Crippen LogP contribution in [0.2, 0.25) is 0 Å². The van der Waals surface area contributed by atoms with Crippen LogP contribution in [0.25, 0.3) is 0 Å². The Bertz CT molecular complexity index is 486. The standard InChI is InChI=1S/C13H16F4N2O/c1-3-19(8-9-5-4-6-10(14)7-9)11(20)12(2,18)13(15,16)17/h4-7H,3,8,18H2,1-2H3. The normalized spacial score (nSPS) is 14.8. The Morgan fingerprint density at radius 2 is 1.95 bits per heavy atom. The van der Waals surface area contributed by atoms with Gasteiger partial charge in [0.05, 0.1) is 0 Å². The quantitative estimate of drug-likeness (QED) is 0.866. The van der Waals surface area contributed by atoms with Gasteiger partial charge in [-0.2, -0.15) is 13.2 Å². The van der Waals surface area contributed by atoms with Crippen LogP contribution in [0.3, 0.4) is 0 Å². The third-order valence-corrected chi connectivity index (χ3v) is 2.96. The zero-order chi connectivity index (χ0) is 15.6. The van der Waals surface area contributed by atoms with E-state index in [4.69, 9.17) is 5.73 Å². The molecule has 1 aromatic rings. The Morgan fingerprint density at radius 3 is 2.40 bits per heavy atom. The van der Waals surface area contributed by atoms with Gasteiger partial charge < -0.3 is 10.6 Å². The highest BCUT2D eigenvalue weighted by atomic mass is 19.4. The first-order valence-corrected chi connectivity index (χ1v) is 5.99. The molecule has 20 heavy (non-hydrogen) atoms. The number of amides is 1. The van der Waals surface area contributed by atoms with Crippen LogP contribution in [-0.2, 0) is 11.3 Å². The molecule has 0 saturated heterocycles. The molecule has 3 nitrogen and oxygen atoms in total. The van der Waals surface area contributed by atoms with E-state index < -0.39 is 23.4 Å². The molecular weight excluding hydrogens is 276 g/mol. The van der Waals surface area contributed by atoms with Crippen LogP contribution in [0.4, 0.5) is 17.6 Å². The molecule has 0 saturated carbocycles. The molecule has 1 atom stereocenters. The van der Waals surface area contributed by atoms with E-state index in [9.17, 15) is 22.4 Å². The molecule has 0 aliphatic rings. The number of nitrogens with two attached hydrogens (primary N) is 1. The summed E-state index contributed by atoms with van der Waals surface area (Å²) in [5.41, 5.74) is 2.55. The summed E-state index contributed by atoms with van der Waals surface area (Å²) in [6.45, 7) is 2.07.